The Morgan fingerprint density at radius 3 is 1.78 bits per heavy atom. The van der Waals surface area contributed by atoms with E-state index >= 15 is 0 Å². The van der Waals surface area contributed by atoms with Crippen LogP contribution in [0.2, 0.25) is 0 Å². The molecule has 0 aromatic heterocycles. The van der Waals surface area contributed by atoms with Gasteiger partial charge in [-0.1, -0.05) is 0 Å². The Kier molecular flexibility index (Phi) is 4.46. The summed E-state index contributed by atoms with van der Waals surface area (Å²) in [5.41, 5.74) is 1.41. The van der Waals surface area contributed by atoms with E-state index in [2.05, 4.69) is 50.2 Å². The monoisotopic (exact) mass is 306 g/mol. The summed E-state index contributed by atoms with van der Waals surface area (Å²) in [7, 11) is 1.70. The molecule has 0 fully saturated rings. The summed E-state index contributed by atoms with van der Waals surface area (Å²) in [6.07, 6.45) is 0. The molecule has 0 aliphatic rings. The van der Waals surface area contributed by atoms with E-state index in [4.69, 9.17) is 4.74 Å². The fourth-order valence-corrected chi connectivity index (χ4v) is 3.41. The van der Waals surface area contributed by atoms with Crippen LogP contribution in [0.15, 0.2) is 48.5 Å². The number of ether oxygens (including phenoxy) is 1. The van der Waals surface area contributed by atoms with Crippen LogP contribution in [0, 0.1) is 0 Å². The van der Waals surface area contributed by atoms with Crippen LogP contribution < -0.4 is 13.7 Å². The van der Waals surface area contributed by atoms with E-state index in [1.165, 1.54) is 14.5 Å². The van der Waals surface area contributed by atoms with Crippen molar-refractivity contribution in [3.8, 4) is 5.75 Å². The Labute approximate surface area is 115 Å². The molecule has 94 valence electrons. The molecule has 0 atom stereocenters. The predicted molar refractivity (Wildman–Crippen MR) is 78.5 cm³/mol. The molecule has 0 radical (unpaired) electrons. The molecule has 0 aliphatic heterocycles. The Morgan fingerprint density at radius 1 is 0.833 bits per heavy atom. The van der Waals surface area contributed by atoms with Crippen molar-refractivity contribution in [3.63, 3.8) is 0 Å². The summed E-state index contributed by atoms with van der Waals surface area (Å²) in [6, 6.07) is 17.3. The molecule has 0 aliphatic carbocycles. The number of benzene rings is 2. The standard InChI is InChI=1S/C16H18OSe/c1-12(2)13-4-8-15(9-5-13)18-16-10-6-14(17-3)7-11-16/h4-12H,1-3H3. The zero-order valence-electron chi connectivity index (χ0n) is 11.0. The first-order valence-corrected chi connectivity index (χ1v) is 7.82. The fourth-order valence-electron chi connectivity index (χ4n) is 1.70. The van der Waals surface area contributed by atoms with E-state index in [9.17, 15) is 0 Å². The van der Waals surface area contributed by atoms with Gasteiger partial charge in [-0.05, 0) is 0 Å². The van der Waals surface area contributed by atoms with Gasteiger partial charge in [-0.25, -0.2) is 0 Å². The van der Waals surface area contributed by atoms with Crippen LogP contribution in [0.25, 0.3) is 0 Å². The second-order valence-corrected chi connectivity index (χ2v) is 6.91. The van der Waals surface area contributed by atoms with Crippen molar-refractivity contribution >= 4 is 23.9 Å². The van der Waals surface area contributed by atoms with Gasteiger partial charge in [0.1, 0.15) is 0 Å². The van der Waals surface area contributed by atoms with Crippen LogP contribution >= 0.6 is 0 Å². The van der Waals surface area contributed by atoms with E-state index in [0.717, 1.165) is 5.75 Å². The molecule has 2 heteroatoms. The van der Waals surface area contributed by atoms with Crippen molar-refractivity contribution < 1.29 is 4.74 Å². The summed E-state index contributed by atoms with van der Waals surface area (Å²) in [5.74, 6) is 1.53. The minimum absolute atomic E-state index is 0.377. The van der Waals surface area contributed by atoms with Gasteiger partial charge in [-0.2, -0.15) is 0 Å². The average Bonchev–Trinajstić information content (AvgIpc) is 2.40. The zero-order valence-corrected chi connectivity index (χ0v) is 12.7. The van der Waals surface area contributed by atoms with E-state index < -0.39 is 0 Å². The van der Waals surface area contributed by atoms with Crippen molar-refractivity contribution in [1.29, 1.82) is 0 Å². The fraction of sp³-hybridized carbons (Fsp3) is 0.250. The van der Waals surface area contributed by atoms with E-state index in [-0.39, 0.29) is 0 Å². The Hall–Kier alpha value is -1.24. The van der Waals surface area contributed by atoms with Crippen LogP contribution in [0.4, 0.5) is 0 Å². The molecule has 0 spiro atoms. The van der Waals surface area contributed by atoms with Crippen molar-refractivity contribution in [2.75, 3.05) is 7.11 Å². The molecule has 0 heterocycles. The SMILES string of the molecule is COc1ccc([Se]c2ccc(C(C)C)cc2)cc1. The van der Waals surface area contributed by atoms with Gasteiger partial charge in [-0.3, -0.25) is 0 Å². The third kappa shape index (κ3) is 3.38. The van der Waals surface area contributed by atoms with Gasteiger partial charge in [0, 0.05) is 0 Å². The number of methoxy groups -OCH3 is 1. The van der Waals surface area contributed by atoms with E-state index in [0.29, 0.717) is 20.9 Å². The summed E-state index contributed by atoms with van der Waals surface area (Å²) in [5, 5.41) is 0. The van der Waals surface area contributed by atoms with Crippen LogP contribution in [0.5, 0.6) is 5.75 Å². The third-order valence-corrected chi connectivity index (χ3v) is 4.97. The van der Waals surface area contributed by atoms with Gasteiger partial charge in [-0.15, -0.1) is 0 Å². The predicted octanol–water partition coefficient (Wildman–Crippen LogP) is 2.47. The van der Waals surface area contributed by atoms with Crippen molar-refractivity contribution in [2.24, 2.45) is 0 Å². The van der Waals surface area contributed by atoms with Crippen LogP contribution in [-0.2, 0) is 0 Å². The molecule has 0 unspecified atom stereocenters. The van der Waals surface area contributed by atoms with Crippen LogP contribution in [0.3, 0.4) is 0 Å². The van der Waals surface area contributed by atoms with Crippen molar-refractivity contribution in [2.45, 2.75) is 19.8 Å². The van der Waals surface area contributed by atoms with Crippen LogP contribution in [0.1, 0.15) is 25.3 Å². The molecule has 0 N–H and O–H groups in total. The normalized spacial score (nSPS) is 10.7. The van der Waals surface area contributed by atoms with Gasteiger partial charge in [0.2, 0.25) is 0 Å². The molecule has 2 aromatic rings. The van der Waals surface area contributed by atoms with E-state index in [1.54, 1.807) is 7.11 Å². The quantitative estimate of drug-likeness (QED) is 0.789. The van der Waals surface area contributed by atoms with Crippen LogP contribution in [-0.4, -0.2) is 22.1 Å². The molecule has 1 nitrogen and oxygen atoms in total. The summed E-state index contributed by atoms with van der Waals surface area (Å²) in [4.78, 5) is 0. The first-order chi connectivity index (χ1) is 8.69. The maximum absolute atomic E-state index is 5.17. The number of rotatable bonds is 4. The average molecular weight is 305 g/mol. The molecular weight excluding hydrogens is 287 g/mol. The number of hydrogen-bond acceptors (Lipinski definition) is 1. The summed E-state index contributed by atoms with van der Waals surface area (Å²) >= 11 is 0.377. The second-order valence-electron chi connectivity index (χ2n) is 4.50. The first-order valence-electron chi connectivity index (χ1n) is 6.11. The van der Waals surface area contributed by atoms with Gasteiger partial charge >= 0.3 is 115 Å². The number of hydrogen-bond donors (Lipinski definition) is 0. The molecule has 0 saturated heterocycles. The molecule has 0 saturated carbocycles. The summed E-state index contributed by atoms with van der Waals surface area (Å²) in [6.45, 7) is 4.45. The topological polar surface area (TPSA) is 9.23 Å². The Balaban J connectivity index is 2.08. The first kappa shape index (κ1) is 13.2. The Morgan fingerprint density at radius 2 is 1.33 bits per heavy atom. The second kappa shape index (κ2) is 6.08. The van der Waals surface area contributed by atoms with Crippen molar-refractivity contribution in [1.82, 2.24) is 0 Å². The van der Waals surface area contributed by atoms with Gasteiger partial charge in [0.25, 0.3) is 0 Å². The third-order valence-electron chi connectivity index (χ3n) is 2.84. The van der Waals surface area contributed by atoms with Gasteiger partial charge < -0.3 is 0 Å². The van der Waals surface area contributed by atoms with Gasteiger partial charge in [0.15, 0.2) is 0 Å². The molecule has 18 heavy (non-hydrogen) atoms. The van der Waals surface area contributed by atoms with Gasteiger partial charge in [0.05, 0.1) is 0 Å². The zero-order chi connectivity index (χ0) is 13.0. The van der Waals surface area contributed by atoms with E-state index in [1.807, 2.05) is 12.1 Å². The minimum atomic E-state index is 0.377. The summed E-state index contributed by atoms with van der Waals surface area (Å²) < 4.78 is 7.96. The Bertz CT molecular complexity index is 486. The molecule has 0 amide bonds. The molecular formula is C16H18OSe. The van der Waals surface area contributed by atoms with Crippen molar-refractivity contribution in [3.05, 3.63) is 54.1 Å². The molecule has 2 aromatic carbocycles. The molecule has 2 rings (SSSR count). The maximum atomic E-state index is 5.17. The molecule has 0 bridgehead atoms.